The molecule has 2 heterocycles. The molecular weight excluding hydrogens is 608 g/mol. The molecule has 4 rings (SSSR count). The maximum atomic E-state index is 14.0. The Kier molecular flexibility index (Phi) is 9.96. The van der Waals surface area contributed by atoms with Crippen molar-refractivity contribution in [1.82, 2.24) is 20.5 Å². The first-order valence-corrected chi connectivity index (χ1v) is 15.3. The van der Waals surface area contributed by atoms with Gasteiger partial charge in [0.15, 0.2) is 5.78 Å². The summed E-state index contributed by atoms with van der Waals surface area (Å²) in [6, 6.07) is 5.11. The molecule has 1 aromatic carbocycles. The number of halogens is 1. The second kappa shape index (κ2) is 13.3. The molecule has 1 aliphatic heterocycles. The number of ether oxygens (including phenoxy) is 3. The molecule has 0 radical (unpaired) electrons. The molecule has 1 aromatic heterocycles. The van der Waals surface area contributed by atoms with Crippen molar-refractivity contribution in [2.24, 2.45) is 5.41 Å². The highest BCUT2D eigenvalue weighted by Gasteiger charge is 2.46. The van der Waals surface area contributed by atoms with E-state index >= 15 is 0 Å². The van der Waals surface area contributed by atoms with Gasteiger partial charge in [-0.3, -0.25) is 14.4 Å². The van der Waals surface area contributed by atoms with Gasteiger partial charge >= 0.3 is 6.09 Å². The smallest absolute Gasteiger partial charge is 0.408 e. The van der Waals surface area contributed by atoms with E-state index in [-0.39, 0.29) is 41.8 Å². The molecule has 0 spiro atoms. The zero-order chi connectivity index (χ0) is 30.6. The van der Waals surface area contributed by atoms with E-state index in [0.717, 1.165) is 25.7 Å². The first kappa shape index (κ1) is 31.5. The lowest BCUT2D eigenvalue weighted by atomic mass is 9.85. The Bertz CT molecular complexity index is 1340. The summed E-state index contributed by atoms with van der Waals surface area (Å²) in [6.45, 7) is 5.66. The summed E-state index contributed by atoms with van der Waals surface area (Å²) in [7, 11) is 3.06. The number of fused-ring (bicyclic) bond motifs is 1. The third kappa shape index (κ3) is 7.14. The third-order valence-electron chi connectivity index (χ3n) is 7.73. The highest BCUT2D eigenvalue weighted by atomic mass is 79.9. The standard InChI is InChI=1S/C30H39BrN4O7/c1-30(2,3)26(34-29(39)42-17-8-6-7-9-17)28(38)35-16-19(13-23(35)27(37)32-4)41-25-14-22(24(36)15-31)33-21-12-18(40-5)10-11-20(21)25/h10-12,14,17,19,23,26H,6-9,13,15-16H2,1-5H3,(H,32,37)(H,34,39)/t19-,23+,26-/m1/s1. The highest BCUT2D eigenvalue weighted by Crippen LogP contribution is 2.33. The topological polar surface area (TPSA) is 136 Å². The quantitative estimate of drug-likeness (QED) is 0.308. The number of amides is 3. The summed E-state index contributed by atoms with van der Waals surface area (Å²) in [6.07, 6.45) is 2.50. The Morgan fingerprint density at radius 3 is 2.45 bits per heavy atom. The largest absolute Gasteiger partial charge is 0.497 e. The van der Waals surface area contributed by atoms with Crippen molar-refractivity contribution in [1.29, 1.82) is 0 Å². The van der Waals surface area contributed by atoms with Crippen LogP contribution in [-0.2, 0) is 14.3 Å². The number of alkyl carbamates (subject to hydrolysis) is 1. The number of pyridine rings is 1. The van der Waals surface area contributed by atoms with Crippen LogP contribution in [0.5, 0.6) is 11.5 Å². The number of alkyl halides is 1. The van der Waals surface area contributed by atoms with Gasteiger partial charge in [-0.1, -0.05) is 36.7 Å². The summed E-state index contributed by atoms with van der Waals surface area (Å²) in [5.74, 6) is 0.0289. The van der Waals surface area contributed by atoms with Gasteiger partial charge in [0.2, 0.25) is 11.8 Å². The second-order valence-electron chi connectivity index (χ2n) is 11.8. The van der Waals surface area contributed by atoms with Gasteiger partial charge in [0.1, 0.15) is 41.5 Å². The minimum absolute atomic E-state index is 0.0870. The summed E-state index contributed by atoms with van der Waals surface area (Å²) in [5, 5.41) is 6.17. The predicted octanol–water partition coefficient (Wildman–Crippen LogP) is 4.00. The molecule has 42 heavy (non-hydrogen) atoms. The van der Waals surface area contributed by atoms with Crippen LogP contribution in [0.1, 0.15) is 63.4 Å². The van der Waals surface area contributed by atoms with Crippen LogP contribution < -0.4 is 20.1 Å². The van der Waals surface area contributed by atoms with Crippen LogP contribution in [0, 0.1) is 5.41 Å². The van der Waals surface area contributed by atoms with Crippen molar-refractivity contribution >= 4 is 50.5 Å². The number of hydrogen-bond acceptors (Lipinski definition) is 8. The molecule has 3 amide bonds. The molecule has 3 atom stereocenters. The van der Waals surface area contributed by atoms with E-state index in [1.807, 2.05) is 20.8 Å². The molecule has 2 N–H and O–H groups in total. The molecule has 2 aliphatic rings. The van der Waals surface area contributed by atoms with Crippen molar-refractivity contribution in [3.05, 3.63) is 30.0 Å². The minimum Gasteiger partial charge on any atom is -0.497 e. The first-order valence-electron chi connectivity index (χ1n) is 14.2. The maximum absolute atomic E-state index is 14.0. The molecule has 1 saturated carbocycles. The predicted molar refractivity (Wildman–Crippen MR) is 160 cm³/mol. The minimum atomic E-state index is -0.935. The fraction of sp³-hybridized carbons (Fsp3) is 0.567. The lowest BCUT2D eigenvalue weighted by Gasteiger charge is -2.35. The number of nitrogens with one attached hydrogen (secondary N) is 2. The monoisotopic (exact) mass is 646 g/mol. The molecule has 2 aromatic rings. The first-order chi connectivity index (χ1) is 19.9. The number of benzene rings is 1. The number of likely N-dealkylation sites (N-methyl/N-ethyl adjacent to an activating group) is 1. The van der Waals surface area contributed by atoms with Gasteiger partial charge in [0.05, 0.1) is 24.5 Å². The number of aromatic nitrogens is 1. The van der Waals surface area contributed by atoms with Gasteiger partial charge in [0, 0.05) is 31.0 Å². The third-order valence-corrected chi connectivity index (χ3v) is 8.23. The van der Waals surface area contributed by atoms with E-state index in [9.17, 15) is 19.2 Å². The van der Waals surface area contributed by atoms with Crippen molar-refractivity contribution in [3.8, 4) is 11.5 Å². The number of methoxy groups -OCH3 is 1. The number of Topliss-reactive ketones (excluding diaryl/α,β-unsaturated/α-hetero) is 1. The van der Waals surface area contributed by atoms with Gasteiger partial charge in [-0.05, 0) is 43.2 Å². The van der Waals surface area contributed by atoms with Crippen molar-refractivity contribution in [2.75, 3.05) is 26.0 Å². The van der Waals surface area contributed by atoms with Gasteiger partial charge in [-0.25, -0.2) is 9.78 Å². The normalized spacial score (nSPS) is 19.8. The van der Waals surface area contributed by atoms with E-state index in [1.165, 1.54) is 11.9 Å². The number of carbonyl (C=O) groups excluding carboxylic acids is 4. The maximum Gasteiger partial charge on any atom is 0.408 e. The van der Waals surface area contributed by atoms with Crippen molar-refractivity contribution < 1.29 is 33.4 Å². The van der Waals surface area contributed by atoms with Gasteiger partial charge < -0.3 is 29.7 Å². The number of rotatable bonds is 9. The molecule has 12 heteroatoms. The van der Waals surface area contributed by atoms with E-state index in [1.54, 1.807) is 31.4 Å². The fourth-order valence-electron chi connectivity index (χ4n) is 5.46. The van der Waals surface area contributed by atoms with E-state index in [0.29, 0.717) is 22.4 Å². The number of carbonyl (C=O) groups is 4. The van der Waals surface area contributed by atoms with Gasteiger partial charge in [-0.2, -0.15) is 0 Å². The molecule has 2 fully saturated rings. The molecule has 228 valence electrons. The Morgan fingerprint density at radius 2 is 1.83 bits per heavy atom. The average molecular weight is 648 g/mol. The summed E-state index contributed by atoms with van der Waals surface area (Å²) in [5.41, 5.74) is 0.0698. The Balaban J connectivity index is 1.60. The Labute approximate surface area is 254 Å². The molecule has 1 aliphatic carbocycles. The number of ketones is 1. The van der Waals surface area contributed by atoms with E-state index in [4.69, 9.17) is 14.2 Å². The molecule has 0 unspecified atom stereocenters. The average Bonchev–Trinajstić information content (AvgIpc) is 3.63. The Hall–Kier alpha value is -3.41. The highest BCUT2D eigenvalue weighted by molar-refractivity contribution is 9.09. The van der Waals surface area contributed by atoms with Crippen LogP contribution in [0.25, 0.3) is 10.9 Å². The van der Waals surface area contributed by atoms with Crippen LogP contribution in [0.15, 0.2) is 24.3 Å². The Morgan fingerprint density at radius 1 is 1.12 bits per heavy atom. The molecular formula is C30H39BrN4O7. The van der Waals surface area contributed by atoms with Crippen molar-refractivity contribution in [2.45, 2.75) is 77.2 Å². The molecule has 0 bridgehead atoms. The SMILES string of the molecule is CNC(=O)[C@@H]1C[C@@H](Oc2cc(C(=O)CBr)nc3cc(OC)ccc23)CN1C(=O)[C@@H](NC(=O)OC1CCCC1)C(C)(C)C. The summed E-state index contributed by atoms with van der Waals surface area (Å²) < 4.78 is 17.3. The lowest BCUT2D eigenvalue weighted by molar-refractivity contribution is -0.142. The summed E-state index contributed by atoms with van der Waals surface area (Å²) in [4.78, 5) is 58.2. The van der Waals surface area contributed by atoms with Crippen LogP contribution >= 0.6 is 15.9 Å². The van der Waals surface area contributed by atoms with Crippen LogP contribution in [0.2, 0.25) is 0 Å². The lowest BCUT2D eigenvalue weighted by Crippen LogP contribution is -2.57. The van der Waals surface area contributed by atoms with Gasteiger partial charge in [0.25, 0.3) is 0 Å². The van der Waals surface area contributed by atoms with E-state index < -0.39 is 35.6 Å². The summed E-state index contributed by atoms with van der Waals surface area (Å²) >= 11 is 3.20. The number of likely N-dealkylation sites (tertiary alicyclic amines) is 1. The fourth-order valence-corrected chi connectivity index (χ4v) is 5.74. The van der Waals surface area contributed by atoms with Crippen molar-refractivity contribution in [3.63, 3.8) is 0 Å². The number of nitrogens with zero attached hydrogens (tertiary/aromatic N) is 2. The van der Waals surface area contributed by atoms with Gasteiger partial charge in [-0.15, -0.1) is 0 Å². The second-order valence-corrected chi connectivity index (χ2v) is 12.4. The zero-order valence-corrected chi connectivity index (χ0v) is 26.3. The molecule has 1 saturated heterocycles. The van der Waals surface area contributed by atoms with Crippen LogP contribution in [-0.4, -0.2) is 83.9 Å². The zero-order valence-electron chi connectivity index (χ0n) is 24.7. The molecule has 11 nitrogen and oxygen atoms in total. The van der Waals surface area contributed by atoms with Crippen LogP contribution in [0.3, 0.4) is 0 Å². The van der Waals surface area contributed by atoms with E-state index in [2.05, 4.69) is 31.5 Å². The number of hydrogen-bond donors (Lipinski definition) is 2. The van der Waals surface area contributed by atoms with Crippen LogP contribution in [0.4, 0.5) is 4.79 Å².